The van der Waals surface area contributed by atoms with E-state index in [2.05, 4.69) is 25.9 Å². The minimum atomic E-state index is -0.242. The Hall–Kier alpha value is -3.62. The summed E-state index contributed by atoms with van der Waals surface area (Å²) in [6.45, 7) is 1.28. The number of hydrogen-bond donors (Lipinski definition) is 3. The van der Waals surface area contributed by atoms with Crippen LogP contribution in [0.15, 0.2) is 36.8 Å². The number of rotatable bonds is 0. The number of nitrogens with zero attached hydrogens (tertiary/aromatic N) is 3. The van der Waals surface area contributed by atoms with Crippen LogP contribution in [-0.4, -0.2) is 53.4 Å². The average Bonchev–Trinajstić information content (AvgIpc) is 3.05. The molecule has 9 nitrogen and oxygen atoms in total. The number of carbonyl (C=O) groups excluding carboxylic acids is 2. The SMILES string of the molecule is CN1CCCCNc2ncnc3c2/C(=C/Nc2cccc(c2)OCC1=O)C(=O)N3. The molecule has 0 atom stereocenters. The lowest BCUT2D eigenvalue weighted by Gasteiger charge is -2.17. The van der Waals surface area contributed by atoms with E-state index < -0.39 is 0 Å². The molecular formula is C20H22N6O3. The quantitative estimate of drug-likeness (QED) is 0.626. The van der Waals surface area contributed by atoms with E-state index in [1.54, 1.807) is 30.3 Å². The smallest absolute Gasteiger partial charge is 0.260 e. The summed E-state index contributed by atoms with van der Waals surface area (Å²) in [5.74, 6) is 1.35. The summed E-state index contributed by atoms with van der Waals surface area (Å²) in [4.78, 5) is 34.8. The number of likely N-dealkylation sites (N-methyl/N-ethyl adjacent to an activating group) is 1. The molecule has 0 radical (unpaired) electrons. The van der Waals surface area contributed by atoms with Crippen molar-refractivity contribution in [3.63, 3.8) is 0 Å². The van der Waals surface area contributed by atoms with Crippen molar-refractivity contribution in [1.29, 1.82) is 0 Å². The molecule has 1 aromatic carbocycles. The Morgan fingerprint density at radius 2 is 2.00 bits per heavy atom. The molecule has 0 spiro atoms. The fourth-order valence-corrected chi connectivity index (χ4v) is 3.19. The van der Waals surface area contributed by atoms with Crippen LogP contribution in [0.2, 0.25) is 0 Å². The molecule has 9 heteroatoms. The van der Waals surface area contributed by atoms with Gasteiger partial charge in [0.1, 0.15) is 23.7 Å². The van der Waals surface area contributed by atoms with Crippen molar-refractivity contribution in [2.24, 2.45) is 0 Å². The topological polar surface area (TPSA) is 108 Å². The fourth-order valence-electron chi connectivity index (χ4n) is 3.19. The Morgan fingerprint density at radius 1 is 1.14 bits per heavy atom. The van der Waals surface area contributed by atoms with Crippen LogP contribution in [0.25, 0.3) is 5.57 Å². The largest absolute Gasteiger partial charge is 0.484 e. The second-order valence-electron chi connectivity index (χ2n) is 6.87. The molecule has 150 valence electrons. The molecule has 4 rings (SSSR count). The van der Waals surface area contributed by atoms with Crippen LogP contribution in [0.3, 0.4) is 0 Å². The van der Waals surface area contributed by atoms with Gasteiger partial charge >= 0.3 is 0 Å². The van der Waals surface area contributed by atoms with Crippen LogP contribution >= 0.6 is 0 Å². The van der Waals surface area contributed by atoms with E-state index in [1.807, 2.05) is 12.1 Å². The molecule has 1 aromatic heterocycles. The Bertz CT molecular complexity index is 974. The molecule has 0 saturated heterocycles. The van der Waals surface area contributed by atoms with E-state index in [1.165, 1.54) is 6.33 Å². The predicted molar refractivity (Wildman–Crippen MR) is 110 cm³/mol. The van der Waals surface area contributed by atoms with Crippen molar-refractivity contribution >= 4 is 34.7 Å². The summed E-state index contributed by atoms with van der Waals surface area (Å²) in [6.07, 6.45) is 4.73. The number of ether oxygens (including phenoxy) is 1. The van der Waals surface area contributed by atoms with Crippen LogP contribution in [-0.2, 0) is 9.59 Å². The van der Waals surface area contributed by atoms with Gasteiger partial charge in [-0.05, 0) is 25.0 Å². The average molecular weight is 394 g/mol. The molecule has 3 heterocycles. The molecule has 0 aliphatic carbocycles. The van der Waals surface area contributed by atoms with Gasteiger partial charge in [-0.3, -0.25) is 9.59 Å². The van der Waals surface area contributed by atoms with E-state index >= 15 is 0 Å². The van der Waals surface area contributed by atoms with Gasteiger partial charge in [0.2, 0.25) is 0 Å². The van der Waals surface area contributed by atoms with Crippen LogP contribution in [0, 0.1) is 0 Å². The predicted octanol–water partition coefficient (Wildman–Crippen LogP) is 1.92. The van der Waals surface area contributed by atoms with Crippen LogP contribution in [0.4, 0.5) is 17.3 Å². The van der Waals surface area contributed by atoms with Gasteiger partial charge in [0, 0.05) is 38.1 Å². The Morgan fingerprint density at radius 3 is 2.90 bits per heavy atom. The minimum Gasteiger partial charge on any atom is -0.484 e. The molecule has 3 N–H and O–H groups in total. The van der Waals surface area contributed by atoms with Crippen LogP contribution in [0.5, 0.6) is 5.75 Å². The van der Waals surface area contributed by atoms with Crippen LogP contribution < -0.4 is 20.7 Å². The van der Waals surface area contributed by atoms with Crippen molar-refractivity contribution in [2.75, 3.05) is 42.7 Å². The molecule has 2 aliphatic heterocycles. The minimum absolute atomic E-state index is 0.0217. The first kappa shape index (κ1) is 18.7. The van der Waals surface area contributed by atoms with E-state index in [9.17, 15) is 9.59 Å². The summed E-state index contributed by atoms with van der Waals surface area (Å²) in [6, 6.07) is 7.22. The van der Waals surface area contributed by atoms with E-state index in [4.69, 9.17) is 4.74 Å². The standard InChI is InChI=1S/C20H22N6O3/c1-26-8-3-2-7-21-18-17-15(20(28)25-19(17)24-12-23-18)10-22-13-5-4-6-14(9-13)29-11-16(26)27/h4-6,9-10,12,22H,2-3,7-8,11H2,1H3,(H2,21,23,24,25,28)/b15-10-. The maximum atomic E-state index is 12.4. The molecule has 2 bridgehead atoms. The zero-order chi connectivity index (χ0) is 20.2. The molecule has 2 aliphatic rings. The van der Waals surface area contributed by atoms with Crippen molar-refractivity contribution in [2.45, 2.75) is 12.8 Å². The second-order valence-corrected chi connectivity index (χ2v) is 6.87. The highest BCUT2D eigenvalue weighted by molar-refractivity contribution is 6.32. The van der Waals surface area contributed by atoms with Gasteiger partial charge in [-0.1, -0.05) is 6.07 Å². The van der Waals surface area contributed by atoms with Crippen molar-refractivity contribution < 1.29 is 14.3 Å². The van der Waals surface area contributed by atoms with E-state index in [0.29, 0.717) is 41.6 Å². The summed E-state index contributed by atoms with van der Waals surface area (Å²) in [7, 11) is 1.77. The molecular weight excluding hydrogens is 372 g/mol. The summed E-state index contributed by atoms with van der Waals surface area (Å²) in [5, 5.41) is 9.17. The van der Waals surface area contributed by atoms with Crippen LogP contribution in [0.1, 0.15) is 18.4 Å². The normalized spacial score (nSPS) is 18.9. The monoisotopic (exact) mass is 394 g/mol. The third kappa shape index (κ3) is 4.13. The highest BCUT2D eigenvalue weighted by atomic mass is 16.5. The van der Waals surface area contributed by atoms with Gasteiger partial charge in [-0.15, -0.1) is 0 Å². The Labute approximate surface area is 168 Å². The number of amides is 2. The van der Waals surface area contributed by atoms with Crippen molar-refractivity contribution in [1.82, 2.24) is 14.9 Å². The molecule has 0 saturated carbocycles. The summed E-state index contributed by atoms with van der Waals surface area (Å²) in [5.41, 5.74) is 1.83. The number of benzene rings is 1. The van der Waals surface area contributed by atoms with Gasteiger partial charge in [0.25, 0.3) is 11.8 Å². The molecule has 2 aromatic rings. The van der Waals surface area contributed by atoms with Gasteiger partial charge in [0.15, 0.2) is 6.61 Å². The third-order valence-corrected chi connectivity index (χ3v) is 4.81. The lowest BCUT2D eigenvalue weighted by atomic mass is 10.1. The molecule has 0 unspecified atom stereocenters. The summed E-state index contributed by atoms with van der Waals surface area (Å²) >= 11 is 0. The van der Waals surface area contributed by atoms with E-state index in [-0.39, 0.29) is 18.4 Å². The maximum Gasteiger partial charge on any atom is 0.260 e. The Kier molecular flexibility index (Phi) is 5.28. The molecule has 29 heavy (non-hydrogen) atoms. The first-order chi connectivity index (χ1) is 14.1. The van der Waals surface area contributed by atoms with Gasteiger partial charge in [0.05, 0.1) is 11.1 Å². The first-order valence-corrected chi connectivity index (χ1v) is 9.46. The van der Waals surface area contributed by atoms with E-state index in [0.717, 1.165) is 18.5 Å². The zero-order valence-electron chi connectivity index (χ0n) is 16.1. The molecule has 0 fully saturated rings. The lowest BCUT2D eigenvalue weighted by molar-refractivity contribution is -0.132. The number of fused-ring (bicyclic) bond motifs is 2. The number of aromatic nitrogens is 2. The van der Waals surface area contributed by atoms with Gasteiger partial charge < -0.3 is 25.6 Å². The maximum absolute atomic E-state index is 12.4. The number of nitrogens with one attached hydrogen (secondary N) is 3. The zero-order valence-corrected chi connectivity index (χ0v) is 16.1. The second kappa shape index (κ2) is 8.17. The number of carbonyl (C=O) groups is 2. The first-order valence-electron chi connectivity index (χ1n) is 9.46. The van der Waals surface area contributed by atoms with Gasteiger partial charge in [-0.25, -0.2) is 9.97 Å². The van der Waals surface area contributed by atoms with Gasteiger partial charge in [-0.2, -0.15) is 0 Å². The highest BCUT2D eigenvalue weighted by Gasteiger charge is 2.29. The fraction of sp³-hybridized carbons (Fsp3) is 0.300. The van der Waals surface area contributed by atoms with Crippen molar-refractivity contribution in [3.05, 3.63) is 42.4 Å². The molecule has 2 amide bonds. The third-order valence-electron chi connectivity index (χ3n) is 4.81. The summed E-state index contributed by atoms with van der Waals surface area (Å²) < 4.78 is 5.63. The lowest BCUT2D eigenvalue weighted by Crippen LogP contribution is -2.32. The highest BCUT2D eigenvalue weighted by Crippen LogP contribution is 2.34. The van der Waals surface area contributed by atoms with Crippen molar-refractivity contribution in [3.8, 4) is 5.75 Å². The number of hydrogen-bond acceptors (Lipinski definition) is 7. The number of anilines is 3. The Balaban J connectivity index is 1.66.